The monoisotopic (exact) mass is 405 g/mol. The summed E-state index contributed by atoms with van der Waals surface area (Å²) in [5.74, 6) is 0.127. The van der Waals surface area contributed by atoms with Gasteiger partial charge in [0, 0.05) is 37.4 Å². The minimum absolute atomic E-state index is 0.0387. The zero-order valence-corrected chi connectivity index (χ0v) is 16.0. The zero-order valence-electron chi connectivity index (χ0n) is 14.4. The third-order valence-electron chi connectivity index (χ3n) is 4.92. The molecule has 0 aliphatic carbocycles. The molecule has 0 spiro atoms. The first-order valence-electron chi connectivity index (χ1n) is 8.33. The molecule has 27 heavy (non-hydrogen) atoms. The second kappa shape index (κ2) is 6.60. The highest BCUT2D eigenvalue weighted by Crippen LogP contribution is 2.35. The molecule has 0 N–H and O–H groups in total. The molecule has 3 aromatic heterocycles. The SMILES string of the molecule is Cn1ncc(S(=O)(=O)N2CCC(c3cn4ncnc4cc3Cl)CC2)c1C#N. The summed E-state index contributed by atoms with van der Waals surface area (Å²) in [5.41, 5.74) is 1.65. The topological polar surface area (TPSA) is 109 Å². The Hall–Kier alpha value is -2.48. The van der Waals surface area contributed by atoms with Gasteiger partial charge in [0.05, 0.1) is 6.20 Å². The smallest absolute Gasteiger partial charge is 0.247 e. The first kappa shape index (κ1) is 17.9. The van der Waals surface area contributed by atoms with Crippen LogP contribution in [-0.2, 0) is 17.1 Å². The molecule has 4 rings (SSSR count). The van der Waals surface area contributed by atoms with Crippen LogP contribution in [0.25, 0.3) is 5.65 Å². The van der Waals surface area contributed by atoms with E-state index in [1.165, 1.54) is 21.5 Å². The largest absolute Gasteiger partial charge is 0.257 e. The van der Waals surface area contributed by atoms with E-state index in [1.54, 1.807) is 17.6 Å². The van der Waals surface area contributed by atoms with Gasteiger partial charge in [0.2, 0.25) is 10.0 Å². The van der Waals surface area contributed by atoms with E-state index in [0.29, 0.717) is 36.6 Å². The summed E-state index contributed by atoms with van der Waals surface area (Å²) in [7, 11) is -2.21. The molecule has 1 fully saturated rings. The molecule has 1 aliphatic heterocycles. The molecule has 0 unspecified atom stereocenters. The standard InChI is InChI=1S/C16H16ClN7O2S/c1-22-14(7-18)15(8-20-22)27(25,26)23-4-2-11(3-5-23)12-9-24-16(6-13(12)17)19-10-21-24/h6,8-11H,2-5H2,1H3. The molecule has 1 saturated heterocycles. The Morgan fingerprint density at radius 2 is 2.04 bits per heavy atom. The molecule has 0 aromatic carbocycles. The molecule has 1 aliphatic rings. The number of hydrogen-bond acceptors (Lipinski definition) is 6. The molecule has 0 bridgehead atoms. The van der Waals surface area contributed by atoms with Crippen molar-refractivity contribution >= 4 is 27.3 Å². The van der Waals surface area contributed by atoms with Crippen molar-refractivity contribution in [2.45, 2.75) is 23.7 Å². The fourth-order valence-electron chi connectivity index (χ4n) is 3.43. The molecule has 3 aromatic rings. The number of nitriles is 1. The third-order valence-corrected chi connectivity index (χ3v) is 7.14. The van der Waals surface area contributed by atoms with Crippen LogP contribution in [0.15, 0.2) is 29.7 Å². The summed E-state index contributed by atoms with van der Waals surface area (Å²) in [5, 5.41) is 17.9. The number of halogens is 1. The first-order valence-corrected chi connectivity index (χ1v) is 10.1. The lowest BCUT2D eigenvalue weighted by Crippen LogP contribution is -2.38. The maximum absolute atomic E-state index is 12.9. The van der Waals surface area contributed by atoms with Crippen LogP contribution in [0.1, 0.15) is 30.0 Å². The van der Waals surface area contributed by atoms with Crippen LogP contribution in [0.5, 0.6) is 0 Å². The summed E-state index contributed by atoms with van der Waals surface area (Å²) in [6, 6.07) is 3.67. The quantitative estimate of drug-likeness (QED) is 0.654. The van der Waals surface area contributed by atoms with Crippen molar-refractivity contribution in [2.75, 3.05) is 13.1 Å². The van der Waals surface area contributed by atoms with E-state index in [4.69, 9.17) is 11.6 Å². The average molecular weight is 406 g/mol. The van der Waals surface area contributed by atoms with Crippen molar-refractivity contribution in [3.63, 3.8) is 0 Å². The van der Waals surface area contributed by atoms with Gasteiger partial charge in [-0.15, -0.1) is 0 Å². The van der Waals surface area contributed by atoms with Crippen LogP contribution in [0.4, 0.5) is 0 Å². The van der Waals surface area contributed by atoms with Crippen LogP contribution in [0.2, 0.25) is 5.02 Å². The maximum Gasteiger partial charge on any atom is 0.247 e. The van der Waals surface area contributed by atoms with Gasteiger partial charge < -0.3 is 0 Å². The van der Waals surface area contributed by atoms with Gasteiger partial charge in [-0.3, -0.25) is 4.68 Å². The maximum atomic E-state index is 12.9. The summed E-state index contributed by atoms with van der Waals surface area (Å²) in [6.45, 7) is 0.691. The third kappa shape index (κ3) is 2.97. The van der Waals surface area contributed by atoms with Crippen LogP contribution in [0.3, 0.4) is 0 Å². The van der Waals surface area contributed by atoms with Crippen molar-refractivity contribution in [1.82, 2.24) is 28.7 Å². The van der Waals surface area contributed by atoms with Crippen LogP contribution in [0, 0.1) is 11.3 Å². The minimum Gasteiger partial charge on any atom is -0.257 e. The second-order valence-corrected chi connectivity index (χ2v) is 8.72. The Balaban J connectivity index is 1.56. The molecule has 11 heteroatoms. The molecule has 0 amide bonds. The fraction of sp³-hybridized carbons (Fsp3) is 0.375. The molecule has 0 radical (unpaired) electrons. The van der Waals surface area contributed by atoms with Crippen molar-refractivity contribution in [1.29, 1.82) is 5.26 Å². The van der Waals surface area contributed by atoms with Gasteiger partial charge >= 0.3 is 0 Å². The molecule has 140 valence electrons. The van der Waals surface area contributed by atoms with Gasteiger partial charge in [0.15, 0.2) is 11.3 Å². The van der Waals surface area contributed by atoms with E-state index >= 15 is 0 Å². The molecule has 4 heterocycles. The fourth-order valence-corrected chi connectivity index (χ4v) is 5.30. The Bertz CT molecular complexity index is 1150. The number of aromatic nitrogens is 5. The predicted octanol–water partition coefficient (Wildman–Crippen LogP) is 1.56. The molecule has 0 atom stereocenters. The number of hydrogen-bond donors (Lipinski definition) is 0. The lowest BCUT2D eigenvalue weighted by Gasteiger charge is -2.31. The van der Waals surface area contributed by atoms with Gasteiger partial charge in [-0.05, 0) is 24.3 Å². The number of aryl methyl sites for hydroxylation is 1. The number of nitrogens with zero attached hydrogens (tertiary/aromatic N) is 7. The summed E-state index contributed by atoms with van der Waals surface area (Å²) >= 11 is 6.40. The summed E-state index contributed by atoms with van der Waals surface area (Å²) in [6.07, 6.45) is 5.80. The number of sulfonamides is 1. The molecule has 9 nitrogen and oxygen atoms in total. The average Bonchev–Trinajstić information content (AvgIpc) is 3.26. The van der Waals surface area contributed by atoms with Crippen molar-refractivity contribution in [2.24, 2.45) is 7.05 Å². The van der Waals surface area contributed by atoms with E-state index in [-0.39, 0.29) is 16.5 Å². The van der Waals surface area contributed by atoms with E-state index in [0.717, 1.165) is 5.56 Å². The Kier molecular flexibility index (Phi) is 4.38. The number of pyridine rings is 1. The van der Waals surface area contributed by atoms with Gasteiger partial charge in [0.1, 0.15) is 17.3 Å². The highest BCUT2D eigenvalue weighted by molar-refractivity contribution is 7.89. The first-order chi connectivity index (χ1) is 12.9. The number of piperidine rings is 1. The highest BCUT2D eigenvalue weighted by atomic mass is 35.5. The second-order valence-electron chi connectivity index (χ2n) is 6.41. The van der Waals surface area contributed by atoms with Crippen molar-refractivity contribution < 1.29 is 8.42 Å². The predicted molar refractivity (Wildman–Crippen MR) is 96.7 cm³/mol. The lowest BCUT2D eigenvalue weighted by atomic mass is 9.91. The zero-order chi connectivity index (χ0) is 19.2. The van der Waals surface area contributed by atoms with Crippen LogP contribution in [-0.4, -0.2) is 50.2 Å². The summed E-state index contributed by atoms with van der Waals surface area (Å²) < 4.78 is 30.1. The Morgan fingerprint density at radius 1 is 1.30 bits per heavy atom. The van der Waals surface area contributed by atoms with E-state index in [1.807, 2.05) is 12.3 Å². The van der Waals surface area contributed by atoms with Gasteiger partial charge in [-0.1, -0.05) is 11.6 Å². The molecule has 0 saturated carbocycles. The van der Waals surface area contributed by atoms with Gasteiger partial charge in [-0.2, -0.15) is 19.8 Å². The van der Waals surface area contributed by atoms with E-state index in [9.17, 15) is 13.7 Å². The van der Waals surface area contributed by atoms with Crippen molar-refractivity contribution in [3.05, 3.63) is 41.1 Å². The Morgan fingerprint density at radius 3 is 2.74 bits per heavy atom. The van der Waals surface area contributed by atoms with Crippen LogP contribution >= 0.6 is 11.6 Å². The van der Waals surface area contributed by atoms with Crippen LogP contribution < -0.4 is 0 Å². The van der Waals surface area contributed by atoms with Gasteiger partial charge in [0.25, 0.3) is 0 Å². The van der Waals surface area contributed by atoms with E-state index in [2.05, 4.69) is 15.2 Å². The molecular formula is C16H16ClN7O2S. The van der Waals surface area contributed by atoms with Gasteiger partial charge in [-0.25, -0.2) is 17.9 Å². The normalized spacial score (nSPS) is 16.6. The number of rotatable bonds is 3. The minimum atomic E-state index is -3.76. The number of fused-ring (bicyclic) bond motifs is 1. The highest BCUT2D eigenvalue weighted by Gasteiger charge is 2.33. The Labute approximate surface area is 160 Å². The summed E-state index contributed by atoms with van der Waals surface area (Å²) in [4.78, 5) is 4.06. The van der Waals surface area contributed by atoms with E-state index < -0.39 is 10.0 Å². The lowest BCUT2D eigenvalue weighted by molar-refractivity contribution is 0.319. The van der Waals surface area contributed by atoms with Crippen molar-refractivity contribution in [3.8, 4) is 6.07 Å². The molecular weight excluding hydrogens is 390 g/mol.